The van der Waals surface area contributed by atoms with Crippen molar-refractivity contribution in [2.45, 2.75) is 42.0 Å². The van der Waals surface area contributed by atoms with Crippen molar-refractivity contribution in [3.63, 3.8) is 0 Å². The molecule has 33 heavy (non-hydrogen) atoms. The Morgan fingerprint density at radius 2 is 2.06 bits per heavy atom. The van der Waals surface area contributed by atoms with Crippen molar-refractivity contribution in [1.29, 1.82) is 0 Å². The van der Waals surface area contributed by atoms with E-state index in [1.165, 1.54) is 16.6 Å². The summed E-state index contributed by atoms with van der Waals surface area (Å²) in [5, 5.41) is 10.0. The fourth-order valence-electron chi connectivity index (χ4n) is 4.94. The molecule has 9 nitrogen and oxygen atoms in total. The third-order valence-electron chi connectivity index (χ3n) is 6.73. The number of nitrogens with two attached hydrogens (primary N) is 2. The van der Waals surface area contributed by atoms with E-state index in [0.29, 0.717) is 10.8 Å². The van der Waals surface area contributed by atoms with Crippen molar-refractivity contribution >= 4 is 52.1 Å². The number of thiazole rings is 1. The molecule has 4 aromatic heterocycles. The predicted molar refractivity (Wildman–Crippen MR) is 130 cm³/mol. The summed E-state index contributed by atoms with van der Waals surface area (Å²) in [4.78, 5) is 18.8. The standard InChI is InChI=1S/C21H22ClN9S2/c1-11-28-16-13(32-11)8-21(17(16)23)3-6-30(7-4-21)20-26-9-14(19-29-27-10-31(19)20)33-12-2-5-25-18(24)15(12)22/h2,5,9-10,17H,3-4,6-8,23H2,1H3,(H2,24,25)/t17-/m1/s1. The number of halogens is 1. The molecule has 6 rings (SSSR count). The highest BCUT2D eigenvalue weighted by molar-refractivity contribution is 7.99. The number of hydrogen-bond acceptors (Lipinski definition) is 10. The van der Waals surface area contributed by atoms with Gasteiger partial charge < -0.3 is 16.4 Å². The highest BCUT2D eigenvalue weighted by Gasteiger charge is 2.48. The molecule has 2 aliphatic rings. The second-order valence-corrected chi connectivity index (χ2v) is 11.4. The predicted octanol–water partition coefficient (Wildman–Crippen LogP) is 3.51. The molecule has 0 bridgehead atoms. The summed E-state index contributed by atoms with van der Waals surface area (Å²) in [6.45, 7) is 3.81. The maximum Gasteiger partial charge on any atom is 0.212 e. The van der Waals surface area contributed by atoms with Gasteiger partial charge in [-0.2, -0.15) is 0 Å². The van der Waals surface area contributed by atoms with E-state index in [-0.39, 0.29) is 11.5 Å². The van der Waals surface area contributed by atoms with Crippen LogP contribution in [0.25, 0.3) is 5.65 Å². The van der Waals surface area contributed by atoms with Gasteiger partial charge in [0.05, 0.1) is 26.7 Å². The minimum absolute atomic E-state index is 0.0128. The van der Waals surface area contributed by atoms with Gasteiger partial charge in [0.1, 0.15) is 12.1 Å². The van der Waals surface area contributed by atoms with E-state index < -0.39 is 0 Å². The van der Waals surface area contributed by atoms with E-state index in [4.69, 9.17) is 33.0 Å². The highest BCUT2D eigenvalue weighted by Crippen LogP contribution is 2.52. The Hall–Kier alpha value is -2.47. The second-order valence-electron chi connectivity index (χ2n) is 8.60. The van der Waals surface area contributed by atoms with Crippen LogP contribution in [-0.4, -0.2) is 42.6 Å². The second kappa shape index (κ2) is 7.79. The van der Waals surface area contributed by atoms with Gasteiger partial charge in [0.25, 0.3) is 0 Å². The van der Waals surface area contributed by atoms with Gasteiger partial charge in [-0.1, -0.05) is 23.4 Å². The molecule has 1 saturated heterocycles. The normalized spacial score (nSPS) is 19.5. The van der Waals surface area contributed by atoms with Gasteiger partial charge in [0.15, 0.2) is 5.65 Å². The third kappa shape index (κ3) is 3.37. The van der Waals surface area contributed by atoms with Crippen LogP contribution in [0.1, 0.15) is 34.5 Å². The third-order valence-corrected chi connectivity index (χ3v) is 9.29. The molecule has 1 atom stereocenters. The molecular weight excluding hydrogens is 478 g/mol. The zero-order valence-corrected chi connectivity index (χ0v) is 20.3. The highest BCUT2D eigenvalue weighted by atomic mass is 35.5. The first-order valence-corrected chi connectivity index (χ1v) is 12.7. The molecule has 4 aromatic rings. The van der Waals surface area contributed by atoms with E-state index >= 15 is 0 Å². The number of aromatic nitrogens is 6. The topological polar surface area (TPSA) is 124 Å². The maximum atomic E-state index is 6.70. The van der Waals surface area contributed by atoms with Gasteiger partial charge in [-0.25, -0.2) is 19.4 Å². The SMILES string of the molecule is Cc1nc2c(s1)CC1(CCN(c3ncc(Sc4ccnc(N)c4Cl)c4nncn34)CC1)[C@@H]2N. The lowest BCUT2D eigenvalue weighted by atomic mass is 9.74. The molecule has 5 heterocycles. The van der Waals surface area contributed by atoms with Crippen LogP contribution in [0.5, 0.6) is 0 Å². The Bertz CT molecular complexity index is 1360. The minimum atomic E-state index is 0.0128. The lowest BCUT2D eigenvalue weighted by Gasteiger charge is -2.42. The van der Waals surface area contributed by atoms with Crippen LogP contribution in [0.3, 0.4) is 0 Å². The molecule has 0 amide bonds. The van der Waals surface area contributed by atoms with E-state index in [2.05, 4.69) is 27.0 Å². The molecule has 12 heteroatoms. The van der Waals surface area contributed by atoms with Gasteiger partial charge in [-0.05, 0) is 37.7 Å². The minimum Gasteiger partial charge on any atom is -0.382 e. The molecule has 0 saturated carbocycles. The zero-order valence-electron chi connectivity index (χ0n) is 17.9. The number of rotatable bonds is 3. The Morgan fingerprint density at radius 3 is 2.85 bits per heavy atom. The molecule has 1 aliphatic heterocycles. The Balaban J connectivity index is 1.25. The number of nitrogens with zero attached hydrogens (tertiary/aromatic N) is 7. The first-order valence-electron chi connectivity index (χ1n) is 10.7. The summed E-state index contributed by atoms with van der Waals surface area (Å²) >= 11 is 9.57. The van der Waals surface area contributed by atoms with E-state index in [9.17, 15) is 0 Å². The number of piperidine rings is 1. The molecule has 1 aliphatic carbocycles. The van der Waals surface area contributed by atoms with E-state index in [1.807, 2.05) is 16.7 Å². The van der Waals surface area contributed by atoms with Crippen LogP contribution in [0, 0.1) is 12.3 Å². The van der Waals surface area contributed by atoms with Crippen LogP contribution < -0.4 is 16.4 Å². The molecule has 4 N–H and O–H groups in total. The first-order chi connectivity index (χ1) is 15.9. The average molecular weight is 500 g/mol. The van der Waals surface area contributed by atoms with Crippen LogP contribution >= 0.6 is 34.7 Å². The number of nitrogen functional groups attached to an aromatic ring is 1. The lowest BCUT2D eigenvalue weighted by Crippen LogP contribution is -2.45. The van der Waals surface area contributed by atoms with Crippen LogP contribution in [0.2, 0.25) is 5.02 Å². The summed E-state index contributed by atoms with van der Waals surface area (Å²) in [5.41, 5.74) is 14.5. The van der Waals surface area contributed by atoms with E-state index in [0.717, 1.165) is 64.4 Å². The molecule has 0 radical (unpaired) electrons. The number of pyridine rings is 1. The maximum absolute atomic E-state index is 6.70. The Kier molecular flexibility index (Phi) is 4.98. The van der Waals surface area contributed by atoms with Gasteiger partial charge in [0.2, 0.25) is 5.95 Å². The summed E-state index contributed by atoms with van der Waals surface area (Å²) in [5.74, 6) is 1.14. The monoisotopic (exact) mass is 499 g/mol. The fourth-order valence-corrected chi connectivity index (χ4v) is 7.21. The van der Waals surface area contributed by atoms with Gasteiger partial charge in [0, 0.05) is 35.3 Å². The van der Waals surface area contributed by atoms with Gasteiger partial charge in [-0.3, -0.25) is 0 Å². The Morgan fingerprint density at radius 1 is 1.24 bits per heavy atom. The van der Waals surface area contributed by atoms with Gasteiger partial charge in [-0.15, -0.1) is 21.5 Å². The molecule has 170 valence electrons. The number of anilines is 2. The van der Waals surface area contributed by atoms with Gasteiger partial charge >= 0.3 is 0 Å². The van der Waals surface area contributed by atoms with Crippen molar-refractivity contribution in [3.05, 3.63) is 45.4 Å². The largest absolute Gasteiger partial charge is 0.382 e. The van der Waals surface area contributed by atoms with Crippen molar-refractivity contribution in [1.82, 2.24) is 29.5 Å². The number of fused-ring (bicyclic) bond motifs is 2. The van der Waals surface area contributed by atoms with Crippen molar-refractivity contribution in [2.24, 2.45) is 11.1 Å². The molecule has 0 unspecified atom stereocenters. The number of hydrogen-bond donors (Lipinski definition) is 2. The smallest absolute Gasteiger partial charge is 0.212 e. The molecule has 1 spiro atoms. The lowest BCUT2D eigenvalue weighted by molar-refractivity contribution is 0.185. The average Bonchev–Trinajstić information content (AvgIpc) is 3.49. The van der Waals surface area contributed by atoms with E-state index in [1.54, 1.807) is 23.9 Å². The Labute approximate surface area is 203 Å². The summed E-state index contributed by atoms with van der Waals surface area (Å²) < 4.78 is 1.94. The van der Waals surface area contributed by atoms with Crippen molar-refractivity contribution in [2.75, 3.05) is 23.7 Å². The van der Waals surface area contributed by atoms with Crippen LogP contribution in [-0.2, 0) is 6.42 Å². The summed E-state index contributed by atoms with van der Waals surface area (Å²) in [7, 11) is 0. The van der Waals surface area contributed by atoms with Crippen LogP contribution in [0.15, 0.2) is 34.6 Å². The summed E-state index contributed by atoms with van der Waals surface area (Å²) in [6, 6.07) is 1.84. The quantitative estimate of drug-likeness (QED) is 0.435. The fraction of sp³-hybridized carbons (Fsp3) is 0.381. The van der Waals surface area contributed by atoms with Crippen molar-refractivity contribution < 1.29 is 0 Å². The summed E-state index contributed by atoms with van der Waals surface area (Å²) in [6.07, 6.45) is 8.21. The molecule has 0 aromatic carbocycles. The molecule has 1 fully saturated rings. The zero-order chi connectivity index (χ0) is 22.7. The van der Waals surface area contributed by atoms with Crippen molar-refractivity contribution in [3.8, 4) is 0 Å². The molecular formula is C21H22ClN9S2. The first kappa shape index (κ1) is 21.1. The number of aryl methyl sites for hydroxylation is 1. The van der Waals surface area contributed by atoms with Crippen LogP contribution in [0.4, 0.5) is 11.8 Å².